The van der Waals surface area contributed by atoms with Crippen LogP contribution in [-0.2, 0) is 6.42 Å². The second-order valence-corrected chi connectivity index (χ2v) is 5.32. The first kappa shape index (κ1) is 13.5. The lowest BCUT2D eigenvalue weighted by Crippen LogP contribution is -2.21. The summed E-state index contributed by atoms with van der Waals surface area (Å²) >= 11 is 0. The smallest absolute Gasteiger partial charge is 0.280 e. The molecule has 0 aliphatic heterocycles. The Labute approximate surface area is 122 Å². The summed E-state index contributed by atoms with van der Waals surface area (Å²) in [6.07, 6.45) is 5.44. The standard InChI is InChI=1S/C16H18N4O/c1-4-5-14-17-18-15-16(21)19(8-9-20(14)15)13-7-6-11(2)10-12(13)3/h6-10H,4-5H2,1-3H3. The Morgan fingerprint density at radius 3 is 2.67 bits per heavy atom. The summed E-state index contributed by atoms with van der Waals surface area (Å²) in [6, 6.07) is 6.04. The number of hydrogen-bond acceptors (Lipinski definition) is 3. The molecule has 0 N–H and O–H groups in total. The molecule has 0 bridgehead atoms. The summed E-state index contributed by atoms with van der Waals surface area (Å²) in [5, 5.41) is 8.17. The molecule has 0 spiro atoms. The van der Waals surface area contributed by atoms with Gasteiger partial charge in [0.15, 0.2) is 0 Å². The van der Waals surface area contributed by atoms with Crippen molar-refractivity contribution in [2.75, 3.05) is 0 Å². The zero-order chi connectivity index (χ0) is 15.0. The third-order valence-corrected chi connectivity index (χ3v) is 3.63. The molecule has 108 valence electrons. The predicted octanol–water partition coefficient (Wildman–Crippen LogP) is 2.45. The normalized spacial score (nSPS) is 11.2. The fourth-order valence-electron chi connectivity index (χ4n) is 2.59. The van der Waals surface area contributed by atoms with Gasteiger partial charge in [0.05, 0.1) is 5.69 Å². The van der Waals surface area contributed by atoms with Crippen molar-refractivity contribution in [2.24, 2.45) is 0 Å². The van der Waals surface area contributed by atoms with E-state index < -0.39 is 0 Å². The molecule has 0 radical (unpaired) electrons. The summed E-state index contributed by atoms with van der Waals surface area (Å²) < 4.78 is 3.42. The maximum atomic E-state index is 12.6. The van der Waals surface area contributed by atoms with Crippen molar-refractivity contribution < 1.29 is 0 Å². The largest absolute Gasteiger partial charge is 0.300 e. The Balaban J connectivity index is 2.21. The Kier molecular flexibility index (Phi) is 3.33. The van der Waals surface area contributed by atoms with E-state index in [9.17, 15) is 4.79 Å². The van der Waals surface area contributed by atoms with E-state index in [0.717, 1.165) is 29.9 Å². The van der Waals surface area contributed by atoms with Gasteiger partial charge in [-0.25, -0.2) is 0 Å². The van der Waals surface area contributed by atoms with Crippen molar-refractivity contribution >= 4 is 5.65 Å². The van der Waals surface area contributed by atoms with E-state index in [1.165, 1.54) is 5.56 Å². The highest BCUT2D eigenvalue weighted by molar-refractivity contribution is 5.46. The van der Waals surface area contributed by atoms with Crippen LogP contribution >= 0.6 is 0 Å². The Hall–Kier alpha value is -2.43. The highest BCUT2D eigenvalue weighted by Crippen LogP contribution is 2.14. The lowest BCUT2D eigenvalue weighted by molar-refractivity contribution is 0.812. The molecule has 5 nitrogen and oxygen atoms in total. The molecule has 2 aromatic heterocycles. The number of nitrogens with zero attached hydrogens (tertiary/aromatic N) is 4. The third kappa shape index (κ3) is 2.24. The topological polar surface area (TPSA) is 52.2 Å². The zero-order valence-electron chi connectivity index (χ0n) is 12.5. The van der Waals surface area contributed by atoms with Gasteiger partial charge >= 0.3 is 5.56 Å². The lowest BCUT2D eigenvalue weighted by atomic mass is 10.1. The van der Waals surface area contributed by atoms with Crippen molar-refractivity contribution in [3.63, 3.8) is 0 Å². The molecule has 3 aromatic rings. The molecule has 0 aliphatic rings. The molecule has 3 rings (SSSR count). The molecular weight excluding hydrogens is 264 g/mol. The van der Waals surface area contributed by atoms with Crippen LogP contribution in [0, 0.1) is 13.8 Å². The van der Waals surface area contributed by atoms with Crippen LogP contribution in [0.15, 0.2) is 35.4 Å². The molecule has 0 fully saturated rings. The van der Waals surface area contributed by atoms with Crippen LogP contribution in [0.4, 0.5) is 0 Å². The minimum atomic E-state index is -0.140. The highest BCUT2D eigenvalue weighted by Gasteiger charge is 2.11. The van der Waals surface area contributed by atoms with E-state index in [4.69, 9.17) is 0 Å². The molecule has 0 amide bonds. The molecule has 5 heteroatoms. The first-order chi connectivity index (χ1) is 10.1. The maximum Gasteiger partial charge on any atom is 0.300 e. The molecule has 0 atom stereocenters. The van der Waals surface area contributed by atoms with E-state index in [0.29, 0.717) is 5.65 Å². The SMILES string of the molecule is CCCc1nnc2c(=O)n(-c3ccc(C)cc3C)ccn12. The summed E-state index contributed by atoms with van der Waals surface area (Å²) in [7, 11) is 0. The van der Waals surface area contributed by atoms with Crippen LogP contribution in [0.1, 0.15) is 30.3 Å². The van der Waals surface area contributed by atoms with E-state index in [1.54, 1.807) is 15.2 Å². The molecule has 1 aromatic carbocycles. The van der Waals surface area contributed by atoms with Gasteiger partial charge in [-0.15, -0.1) is 10.2 Å². The van der Waals surface area contributed by atoms with Gasteiger partial charge < -0.3 is 0 Å². The quantitative estimate of drug-likeness (QED) is 0.741. The van der Waals surface area contributed by atoms with Crippen LogP contribution in [0.25, 0.3) is 11.3 Å². The average Bonchev–Trinajstić information content (AvgIpc) is 2.85. The number of aryl methyl sites for hydroxylation is 3. The summed E-state index contributed by atoms with van der Waals surface area (Å²) in [5.74, 6) is 0.831. The van der Waals surface area contributed by atoms with Crippen molar-refractivity contribution in [1.29, 1.82) is 0 Å². The zero-order valence-corrected chi connectivity index (χ0v) is 12.5. The van der Waals surface area contributed by atoms with E-state index in [-0.39, 0.29) is 5.56 Å². The fraction of sp³-hybridized carbons (Fsp3) is 0.312. The molecule has 21 heavy (non-hydrogen) atoms. The second-order valence-electron chi connectivity index (χ2n) is 5.32. The number of hydrogen-bond donors (Lipinski definition) is 0. The number of rotatable bonds is 3. The first-order valence-electron chi connectivity index (χ1n) is 7.14. The van der Waals surface area contributed by atoms with E-state index >= 15 is 0 Å². The number of benzene rings is 1. The molecule has 0 saturated heterocycles. The van der Waals surface area contributed by atoms with Gasteiger partial charge in [0.2, 0.25) is 5.65 Å². The Morgan fingerprint density at radius 1 is 1.14 bits per heavy atom. The monoisotopic (exact) mass is 282 g/mol. The number of aromatic nitrogens is 4. The van der Waals surface area contributed by atoms with Crippen LogP contribution in [0.3, 0.4) is 0 Å². The van der Waals surface area contributed by atoms with Crippen molar-refractivity contribution in [1.82, 2.24) is 19.2 Å². The van der Waals surface area contributed by atoms with Gasteiger partial charge in [-0.05, 0) is 31.9 Å². The van der Waals surface area contributed by atoms with Gasteiger partial charge in [-0.2, -0.15) is 0 Å². The Bertz CT molecular complexity index is 860. The molecular formula is C16H18N4O. The molecule has 0 saturated carbocycles. The molecule has 0 aliphatic carbocycles. The summed E-state index contributed by atoms with van der Waals surface area (Å²) in [6.45, 7) is 6.13. The van der Waals surface area contributed by atoms with E-state index in [2.05, 4.69) is 23.2 Å². The predicted molar refractivity (Wildman–Crippen MR) is 82.1 cm³/mol. The second kappa shape index (κ2) is 5.16. The summed E-state index contributed by atoms with van der Waals surface area (Å²) in [4.78, 5) is 12.6. The maximum absolute atomic E-state index is 12.6. The van der Waals surface area contributed by atoms with Crippen LogP contribution in [0.5, 0.6) is 0 Å². The van der Waals surface area contributed by atoms with Crippen molar-refractivity contribution in [3.8, 4) is 5.69 Å². The van der Waals surface area contributed by atoms with Crippen molar-refractivity contribution in [3.05, 3.63) is 57.9 Å². The van der Waals surface area contributed by atoms with Crippen molar-refractivity contribution in [2.45, 2.75) is 33.6 Å². The van der Waals surface area contributed by atoms with Gasteiger partial charge in [0.25, 0.3) is 0 Å². The van der Waals surface area contributed by atoms with Crippen LogP contribution < -0.4 is 5.56 Å². The Morgan fingerprint density at radius 2 is 1.95 bits per heavy atom. The van der Waals surface area contributed by atoms with Gasteiger partial charge in [0, 0.05) is 18.8 Å². The average molecular weight is 282 g/mol. The fourth-order valence-corrected chi connectivity index (χ4v) is 2.59. The molecule has 2 heterocycles. The van der Waals surface area contributed by atoms with Gasteiger partial charge in [-0.1, -0.05) is 24.6 Å². The van der Waals surface area contributed by atoms with Gasteiger partial charge in [0.1, 0.15) is 5.82 Å². The van der Waals surface area contributed by atoms with Gasteiger partial charge in [-0.3, -0.25) is 13.8 Å². The summed E-state index contributed by atoms with van der Waals surface area (Å²) in [5.41, 5.74) is 3.36. The lowest BCUT2D eigenvalue weighted by Gasteiger charge is -2.10. The first-order valence-corrected chi connectivity index (χ1v) is 7.14. The van der Waals surface area contributed by atoms with Crippen LogP contribution in [0.2, 0.25) is 0 Å². The highest BCUT2D eigenvalue weighted by atomic mass is 16.1. The van der Waals surface area contributed by atoms with E-state index in [1.807, 2.05) is 32.2 Å². The minimum absolute atomic E-state index is 0.140. The minimum Gasteiger partial charge on any atom is -0.280 e. The van der Waals surface area contributed by atoms with Crippen LogP contribution in [-0.4, -0.2) is 19.2 Å². The third-order valence-electron chi connectivity index (χ3n) is 3.63. The molecule has 0 unspecified atom stereocenters. The number of fused-ring (bicyclic) bond motifs is 1.